The number of Topliss-reactive ketones (excluding diaryl/α,β-unsaturated/α-hetero) is 2. The third-order valence-corrected chi connectivity index (χ3v) is 7.50. The number of nitrogens with one attached hydrogen (secondary N) is 1. The van der Waals surface area contributed by atoms with Crippen molar-refractivity contribution in [3.05, 3.63) is 63.9 Å². The topological polar surface area (TPSA) is 217 Å². The van der Waals surface area contributed by atoms with Crippen LogP contribution in [0.15, 0.2) is 51.6 Å². The Morgan fingerprint density at radius 2 is 1.89 bits per heavy atom. The number of aromatic hydroxyl groups is 1. The first kappa shape index (κ1) is 25.2. The Labute approximate surface area is 214 Å². The molecule has 4 atom stereocenters. The molecule has 13 heteroatoms. The number of benzene rings is 1. The zero-order valence-electron chi connectivity index (χ0n) is 20.3. The maximum absolute atomic E-state index is 13.7. The van der Waals surface area contributed by atoms with Crippen molar-refractivity contribution in [3.8, 4) is 5.75 Å². The van der Waals surface area contributed by atoms with E-state index in [0.29, 0.717) is 5.56 Å². The fraction of sp³-hybridized carbons (Fsp3) is 0.320. The third-order valence-electron chi connectivity index (χ3n) is 7.50. The van der Waals surface area contributed by atoms with Crippen LogP contribution in [0.5, 0.6) is 5.75 Å². The minimum absolute atomic E-state index is 0.0174. The van der Waals surface area contributed by atoms with Gasteiger partial charge in [-0.25, -0.2) is 0 Å². The molecule has 1 aromatic carbocycles. The monoisotopic (exact) mass is 524 g/mol. The van der Waals surface area contributed by atoms with Crippen molar-refractivity contribution in [2.45, 2.75) is 24.5 Å². The Morgan fingerprint density at radius 1 is 1.18 bits per heavy atom. The number of primary amides is 1. The summed E-state index contributed by atoms with van der Waals surface area (Å²) >= 11 is 0. The minimum atomic E-state index is -2.72. The molecule has 198 valence electrons. The number of nitrogens with zero attached hydrogens (tertiary/aromatic N) is 2. The van der Waals surface area contributed by atoms with E-state index in [1.807, 2.05) is 0 Å². The predicted octanol–water partition coefficient (Wildman–Crippen LogP) is 0.361. The van der Waals surface area contributed by atoms with Crippen molar-refractivity contribution in [2.24, 2.45) is 17.6 Å². The fourth-order valence-corrected chi connectivity index (χ4v) is 5.84. The van der Waals surface area contributed by atoms with Crippen LogP contribution in [0.2, 0.25) is 0 Å². The number of amides is 2. The van der Waals surface area contributed by atoms with Gasteiger partial charge >= 0.3 is 0 Å². The highest BCUT2D eigenvalue weighted by Gasteiger charge is 2.63. The van der Waals surface area contributed by atoms with Crippen LogP contribution in [-0.4, -0.2) is 79.6 Å². The van der Waals surface area contributed by atoms with Gasteiger partial charge in [0, 0.05) is 17.6 Å². The number of likely N-dealkylation sites (N-methyl/N-ethyl adjacent to an activating group) is 1. The summed E-state index contributed by atoms with van der Waals surface area (Å²) in [7, 11) is 3.11. The minimum Gasteiger partial charge on any atom is -0.510 e. The lowest BCUT2D eigenvalue weighted by Gasteiger charge is -2.50. The molecule has 0 saturated heterocycles. The van der Waals surface area contributed by atoms with Crippen molar-refractivity contribution in [3.63, 3.8) is 0 Å². The molecule has 2 aromatic rings. The van der Waals surface area contributed by atoms with Gasteiger partial charge in [-0.15, -0.1) is 0 Å². The van der Waals surface area contributed by atoms with E-state index in [1.54, 1.807) is 14.1 Å². The van der Waals surface area contributed by atoms with E-state index in [0.717, 1.165) is 0 Å². The molecule has 0 aliphatic heterocycles. The maximum atomic E-state index is 13.7. The Morgan fingerprint density at radius 3 is 2.50 bits per heavy atom. The maximum Gasteiger partial charge on any atom is 0.294 e. The molecule has 5 rings (SSSR count). The Balaban J connectivity index is 1.62. The number of ketones is 2. The smallest absolute Gasteiger partial charge is 0.294 e. The number of aliphatic hydroxyl groups is 3. The molecule has 0 bridgehead atoms. The molecular formula is C25H24N4O9. The quantitative estimate of drug-likeness (QED) is 0.237. The lowest BCUT2D eigenvalue weighted by Crippen LogP contribution is -2.63. The summed E-state index contributed by atoms with van der Waals surface area (Å²) in [5, 5.41) is 50.4. The number of allylic oxidation sites excluding steroid dienone is 1. The fourth-order valence-electron chi connectivity index (χ4n) is 5.84. The molecule has 0 spiro atoms. The molecule has 0 unspecified atom stereocenters. The van der Waals surface area contributed by atoms with Gasteiger partial charge in [-0.2, -0.15) is 0 Å². The highest BCUT2D eigenvalue weighted by atomic mass is 16.5. The molecule has 1 aromatic heterocycles. The summed E-state index contributed by atoms with van der Waals surface area (Å²) in [5.74, 6) is -8.31. The molecule has 0 saturated carbocycles. The Bertz CT molecular complexity index is 1470. The molecule has 0 fully saturated rings. The van der Waals surface area contributed by atoms with E-state index in [9.17, 15) is 39.6 Å². The van der Waals surface area contributed by atoms with Gasteiger partial charge in [0.2, 0.25) is 11.5 Å². The number of phenolic OH excluding ortho intramolecular Hbond substituents is 1. The number of fused-ring (bicyclic) bond motifs is 3. The number of hydrogen-bond acceptors (Lipinski definition) is 11. The van der Waals surface area contributed by atoms with E-state index in [-0.39, 0.29) is 35.4 Å². The first-order valence-electron chi connectivity index (χ1n) is 11.6. The Kier molecular flexibility index (Phi) is 5.65. The van der Waals surface area contributed by atoms with Crippen LogP contribution in [0.25, 0.3) is 0 Å². The van der Waals surface area contributed by atoms with Crippen molar-refractivity contribution in [1.29, 1.82) is 0 Å². The van der Waals surface area contributed by atoms with Gasteiger partial charge in [0.05, 0.1) is 23.5 Å². The van der Waals surface area contributed by atoms with Gasteiger partial charge in [0.25, 0.3) is 11.8 Å². The van der Waals surface area contributed by atoms with Crippen molar-refractivity contribution >= 4 is 29.1 Å². The SMILES string of the molecule is CN(C)[C@@H]1C(O)=C(C(N)=O)C(=O)[C@@]2(O)C(O)=C3C(=O)c4c(ccc(NC(=O)c5ccno5)c4O)C[C@@H]3C[C@@H]12. The number of aliphatic hydroxyl groups excluding tert-OH is 2. The first-order chi connectivity index (χ1) is 17.9. The van der Waals surface area contributed by atoms with E-state index in [1.165, 1.54) is 29.3 Å². The van der Waals surface area contributed by atoms with Crippen molar-refractivity contribution in [1.82, 2.24) is 10.1 Å². The summed E-state index contributed by atoms with van der Waals surface area (Å²) in [6.45, 7) is 0. The van der Waals surface area contributed by atoms with Crippen LogP contribution < -0.4 is 11.1 Å². The second-order valence-electron chi connectivity index (χ2n) is 9.79. The van der Waals surface area contributed by atoms with Gasteiger partial charge in [0.15, 0.2) is 17.1 Å². The number of carbonyl (C=O) groups excluding carboxylic acids is 4. The summed E-state index contributed by atoms with van der Waals surface area (Å²) in [6, 6.07) is 3.18. The number of phenols is 1. The van der Waals surface area contributed by atoms with Gasteiger partial charge in [-0.3, -0.25) is 24.1 Å². The molecule has 7 N–H and O–H groups in total. The van der Waals surface area contributed by atoms with Gasteiger partial charge < -0.3 is 36.0 Å². The van der Waals surface area contributed by atoms with E-state index in [4.69, 9.17) is 10.3 Å². The first-order valence-corrected chi connectivity index (χ1v) is 11.6. The zero-order valence-corrected chi connectivity index (χ0v) is 20.3. The summed E-state index contributed by atoms with van der Waals surface area (Å²) in [6.07, 6.45) is 1.38. The largest absolute Gasteiger partial charge is 0.510 e. The number of nitrogens with two attached hydrogens (primary N) is 1. The molecule has 3 aliphatic rings. The van der Waals surface area contributed by atoms with E-state index >= 15 is 0 Å². The van der Waals surface area contributed by atoms with Gasteiger partial charge in [-0.1, -0.05) is 11.2 Å². The lowest BCUT2D eigenvalue weighted by molar-refractivity contribution is -0.148. The normalized spacial score (nSPS) is 26.7. The van der Waals surface area contributed by atoms with Crippen LogP contribution in [-0.2, 0) is 16.0 Å². The third kappa shape index (κ3) is 3.35. The van der Waals surface area contributed by atoms with Crippen LogP contribution in [0, 0.1) is 11.8 Å². The number of carbonyl (C=O) groups is 4. The number of anilines is 1. The van der Waals surface area contributed by atoms with E-state index < -0.39 is 69.7 Å². The second kappa shape index (κ2) is 8.53. The molecule has 38 heavy (non-hydrogen) atoms. The molecule has 2 amide bonds. The molecule has 13 nitrogen and oxygen atoms in total. The standard InChI is InChI=1S/C25H24N4O9/c1-29(2)17-11-8-10-7-9-3-4-12(28-24(36)13-5-6-27-38-13)18(30)14(9)19(31)15(10)21(33)25(11,37)22(34)16(20(17)32)23(26)35/h3-6,10-11,17,30,32-33,37H,7-8H2,1-2H3,(H2,26,35)(H,28,36)/t10-,11+,17+,25+/m1/s1. The van der Waals surface area contributed by atoms with Crippen molar-refractivity contribution < 1.29 is 44.1 Å². The number of rotatable bonds is 4. The van der Waals surface area contributed by atoms with Crippen LogP contribution in [0.3, 0.4) is 0 Å². The second-order valence-corrected chi connectivity index (χ2v) is 9.79. The lowest BCUT2D eigenvalue weighted by atomic mass is 9.58. The average molecular weight is 524 g/mol. The zero-order chi connectivity index (χ0) is 27.7. The van der Waals surface area contributed by atoms with Crippen LogP contribution >= 0.6 is 0 Å². The predicted molar refractivity (Wildman–Crippen MR) is 128 cm³/mol. The highest BCUT2D eigenvalue weighted by molar-refractivity contribution is 6.25. The molecule has 3 aliphatic carbocycles. The summed E-state index contributed by atoms with van der Waals surface area (Å²) in [5.41, 5.74) is 1.51. The van der Waals surface area contributed by atoms with Gasteiger partial charge in [-0.05, 0) is 44.5 Å². The number of aromatic nitrogens is 1. The molecular weight excluding hydrogens is 500 g/mol. The Hall–Kier alpha value is -4.49. The van der Waals surface area contributed by atoms with Gasteiger partial charge in [0.1, 0.15) is 17.1 Å². The highest BCUT2D eigenvalue weighted by Crippen LogP contribution is 2.52. The van der Waals surface area contributed by atoms with Crippen LogP contribution in [0.4, 0.5) is 5.69 Å². The van der Waals surface area contributed by atoms with E-state index in [2.05, 4.69) is 10.5 Å². The molecule has 1 heterocycles. The van der Waals surface area contributed by atoms with Crippen LogP contribution in [0.1, 0.15) is 32.9 Å². The summed E-state index contributed by atoms with van der Waals surface area (Å²) < 4.78 is 4.79. The van der Waals surface area contributed by atoms with Crippen molar-refractivity contribution in [2.75, 3.05) is 19.4 Å². The average Bonchev–Trinajstić information content (AvgIpc) is 3.38. The molecule has 0 radical (unpaired) electrons. The number of hydrogen-bond donors (Lipinski definition) is 6. The summed E-state index contributed by atoms with van der Waals surface area (Å²) in [4.78, 5) is 52.8.